The first-order valence-electron chi connectivity index (χ1n) is 8.54. The lowest BCUT2D eigenvalue weighted by Crippen LogP contribution is -2.25. The van der Waals surface area contributed by atoms with Gasteiger partial charge in [0, 0.05) is 24.0 Å². The molecule has 2 aromatic rings. The Hall–Kier alpha value is -2.90. The number of benzene rings is 1. The fourth-order valence-electron chi connectivity index (χ4n) is 2.31. The van der Waals surface area contributed by atoms with Crippen molar-refractivity contribution in [1.29, 1.82) is 0 Å². The predicted octanol–water partition coefficient (Wildman–Crippen LogP) is 4.27. The summed E-state index contributed by atoms with van der Waals surface area (Å²) in [5.74, 6) is -0.924. The molecule has 1 aromatic heterocycles. The summed E-state index contributed by atoms with van der Waals surface area (Å²) in [6.07, 6.45) is -0.184. The first kappa shape index (κ1) is 20.4. The number of nitrogens with zero attached hydrogens (tertiary/aromatic N) is 1. The Morgan fingerprint density at radius 2 is 1.74 bits per heavy atom. The molecule has 1 aromatic carbocycles. The molecule has 0 atom stereocenters. The van der Waals surface area contributed by atoms with Crippen molar-refractivity contribution in [1.82, 2.24) is 10.3 Å². The van der Waals surface area contributed by atoms with E-state index in [1.807, 2.05) is 0 Å². The quantitative estimate of drug-likeness (QED) is 0.706. The van der Waals surface area contributed by atoms with Crippen LogP contribution < -0.4 is 10.6 Å². The minimum atomic E-state index is -4.44. The standard InChI is InChI=1S/C19H20F3N3O2/c1-2-3-4-10-24-17(26)13-9-11-23-16(12-13)18(27)25-15-7-5-14(6-8-15)19(20,21)22/h5-9,11-12H,2-4,10H2,1H3,(H,24,26)(H,25,27). The fraction of sp³-hybridized carbons (Fsp3) is 0.316. The van der Waals surface area contributed by atoms with Crippen LogP contribution in [0.25, 0.3) is 0 Å². The van der Waals surface area contributed by atoms with Gasteiger partial charge in [-0.15, -0.1) is 0 Å². The zero-order chi connectivity index (χ0) is 19.9. The molecular formula is C19H20F3N3O2. The Morgan fingerprint density at radius 3 is 2.37 bits per heavy atom. The number of alkyl halides is 3. The van der Waals surface area contributed by atoms with E-state index in [1.54, 1.807) is 0 Å². The van der Waals surface area contributed by atoms with Crippen molar-refractivity contribution in [2.24, 2.45) is 0 Å². The molecule has 2 amide bonds. The van der Waals surface area contributed by atoms with Crippen LogP contribution >= 0.6 is 0 Å². The number of anilines is 1. The van der Waals surface area contributed by atoms with Gasteiger partial charge in [0.25, 0.3) is 11.8 Å². The van der Waals surface area contributed by atoms with Crippen LogP contribution in [-0.2, 0) is 6.18 Å². The number of carbonyl (C=O) groups is 2. The number of hydrogen-bond acceptors (Lipinski definition) is 3. The molecule has 144 valence electrons. The van der Waals surface area contributed by atoms with Gasteiger partial charge in [-0.2, -0.15) is 13.2 Å². The molecule has 0 aliphatic heterocycles. The van der Waals surface area contributed by atoms with Crippen LogP contribution in [0, 0.1) is 0 Å². The number of hydrogen-bond donors (Lipinski definition) is 2. The van der Waals surface area contributed by atoms with Crippen molar-refractivity contribution in [2.75, 3.05) is 11.9 Å². The van der Waals surface area contributed by atoms with Crippen molar-refractivity contribution in [3.8, 4) is 0 Å². The van der Waals surface area contributed by atoms with Crippen LogP contribution in [0.1, 0.15) is 52.6 Å². The first-order chi connectivity index (χ1) is 12.8. The third-order valence-electron chi connectivity index (χ3n) is 3.79. The monoisotopic (exact) mass is 379 g/mol. The smallest absolute Gasteiger partial charge is 0.352 e. The summed E-state index contributed by atoms with van der Waals surface area (Å²) in [4.78, 5) is 28.3. The van der Waals surface area contributed by atoms with E-state index in [0.29, 0.717) is 12.1 Å². The maximum absolute atomic E-state index is 12.6. The number of amides is 2. The van der Waals surface area contributed by atoms with E-state index in [1.165, 1.54) is 18.3 Å². The molecule has 0 fully saturated rings. The van der Waals surface area contributed by atoms with Crippen LogP contribution in [0.2, 0.25) is 0 Å². The Labute approximate surface area is 155 Å². The summed E-state index contributed by atoms with van der Waals surface area (Å²) >= 11 is 0. The number of nitrogens with one attached hydrogen (secondary N) is 2. The average molecular weight is 379 g/mol. The molecule has 0 radical (unpaired) electrons. The van der Waals surface area contributed by atoms with Crippen molar-refractivity contribution in [2.45, 2.75) is 32.4 Å². The molecule has 0 aliphatic carbocycles. The third-order valence-corrected chi connectivity index (χ3v) is 3.79. The summed E-state index contributed by atoms with van der Waals surface area (Å²) in [6.45, 7) is 2.61. The van der Waals surface area contributed by atoms with E-state index in [0.717, 1.165) is 43.5 Å². The second-order valence-electron chi connectivity index (χ2n) is 5.92. The van der Waals surface area contributed by atoms with Crippen LogP contribution in [0.15, 0.2) is 42.6 Å². The average Bonchev–Trinajstić information content (AvgIpc) is 2.65. The maximum Gasteiger partial charge on any atom is 0.416 e. The van der Waals surface area contributed by atoms with E-state index >= 15 is 0 Å². The van der Waals surface area contributed by atoms with Gasteiger partial charge in [0.1, 0.15) is 5.69 Å². The van der Waals surface area contributed by atoms with Crippen molar-refractivity contribution < 1.29 is 22.8 Å². The minimum absolute atomic E-state index is 0.00361. The molecule has 5 nitrogen and oxygen atoms in total. The zero-order valence-corrected chi connectivity index (χ0v) is 14.8. The number of carbonyl (C=O) groups excluding carboxylic acids is 2. The summed E-state index contributed by atoms with van der Waals surface area (Å²) in [7, 11) is 0. The lowest BCUT2D eigenvalue weighted by Gasteiger charge is -2.09. The normalized spacial score (nSPS) is 11.1. The highest BCUT2D eigenvalue weighted by Gasteiger charge is 2.30. The maximum atomic E-state index is 12.6. The summed E-state index contributed by atoms with van der Waals surface area (Å²) < 4.78 is 37.7. The summed E-state index contributed by atoms with van der Waals surface area (Å²) in [5.41, 5.74) is -0.320. The van der Waals surface area contributed by atoms with Gasteiger partial charge in [0.05, 0.1) is 5.56 Å². The Morgan fingerprint density at radius 1 is 1.04 bits per heavy atom. The molecular weight excluding hydrogens is 359 g/mol. The highest BCUT2D eigenvalue weighted by atomic mass is 19.4. The number of aromatic nitrogens is 1. The molecule has 0 bridgehead atoms. The summed E-state index contributed by atoms with van der Waals surface area (Å²) in [6, 6.07) is 6.90. The summed E-state index contributed by atoms with van der Waals surface area (Å²) in [5, 5.41) is 5.23. The number of rotatable bonds is 7. The van der Waals surface area contributed by atoms with E-state index in [2.05, 4.69) is 22.5 Å². The minimum Gasteiger partial charge on any atom is -0.352 e. The van der Waals surface area contributed by atoms with Gasteiger partial charge in [-0.3, -0.25) is 14.6 Å². The van der Waals surface area contributed by atoms with Crippen LogP contribution in [0.4, 0.5) is 18.9 Å². The molecule has 1 heterocycles. The molecule has 2 rings (SSSR count). The predicted molar refractivity (Wildman–Crippen MR) is 95.5 cm³/mol. The Balaban J connectivity index is 2.01. The van der Waals surface area contributed by atoms with E-state index in [9.17, 15) is 22.8 Å². The van der Waals surface area contributed by atoms with Crippen LogP contribution in [-0.4, -0.2) is 23.3 Å². The second-order valence-corrected chi connectivity index (χ2v) is 5.92. The number of halogens is 3. The molecule has 8 heteroatoms. The highest BCUT2D eigenvalue weighted by molar-refractivity contribution is 6.04. The van der Waals surface area contributed by atoms with Gasteiger partial charge in [0.2, 0.25) is 0 Å². The van der Waals surface area contributed by atoms with Gasteiger partial charge in [-0.05, 0) is 42.8 Å². The van der Waals surface area contributed by atoms with Crippen LogP contribution in [0.3, 0.4) is 0 Å². The van der Waals surface area contributed by atoms with Crippen molar-refractivity contribution in [3.05, 3.63) is 59.4 Å². The molecule has 2 N–H and O–H groups in total. The zero-order valence-electron chi connectivity index (χ0n) is 14.8. The molecule has 0 spiro atoms. The van der Waals surface area contributed by atoms with Crippen molar-refractivity contribution in [3.63, 3.8) is 0 Å². The van der Waals surface area contributed by atoms with E-state index < -0.39 is 17.6 Å². The lowest BCUT2D eigenvalue weighted by molar-refractivity contribution is -0.137. The van der Waals surface area contributed by atoms with Crippen molar-refractivity contribution >= 4 is 17.5 Å². The van der Waals surface area contributed by atoms with Gasteiger partial charge in [-0.25, -0.2) is 0 Å². The largest absolute Gasteiger partial charge is 0.416 e. The Kier molecular flexibility index (Phi) is 6.92. The van der Waals surface area contributed by atoms with Gasteiger partial charge in [0.15, 0.2) is 0 Å². The Bertz CT molecular complexity index is 790. The molecule has 0 saturated heterocycles. The SMILES string of the molecule is CCCCCNC(=O)c1ccnc(C(=O)Nc2ccc(C(F)(F)F)cc2)c1. The third kappa shape index (κ3) is 6.09. The van der Waals surface area contributed by atoms with E-state index in [-0.39, 0.29) is 17.3 Å². The topological polar surface area (TPSA) is 71.1 Å². The van der Waals surface area contributed by atoms with E-state index in [4.69, 9.17) is 0 Å². The number of unbranched alkanes of at least 4 members (excludes halogenated alkanes) is 2. The highest BCUT2D eigenvalue weighted by Crippen LogP contribution is 2.29. The number of pyridine rings is 1. The molecule has 0 saturated carbocycles. The second kappa shape index (κ2) is 9.16. The van der Waals surface area contributed by atoms with Crippen LogP contribution in [0.5, 0.6) is 0 Å². The van der Waals surface area contributed by atoms with Gasteiger partial charge in [-0.1, -0.05) is 19.8 Å². The molecule has 0 unspecified atom stereocenters. The fourth-order valence-corrected chi connectivity index (χ4v) is 2.31. The van der Waals surface area contributed by atoms with Gasteiger partial charge < -0.3 is 10.6 Å². The first-order valence-corrected chi connectivity index (χ1v) is 8.54. The van der Waals surface area contributed by atoms with Gasteiger partial charge >= 0.3 is 6.18 Å². The lowest BCUT2D eigenvalue weighted by atomic mass is 10.2. The molecule has 0 aliphatic rings. The molecule has 27 heavy (non-hydrogen) atoms.